The number of nitrogens with zero attached hydrogens (tertiary/aromatic N) is 1. The third-order valence-electron chi connectivity index (χ3n) is 4.60. The second kappa shape index (κ2) is 10.8. The predicted molar refractivity (Wildman–Crippen MR) is 111 cm³/mol. The molecule has 0 bridgehead atoms. The van der Waals surface area contributed by atoms with Crippen molar-refractivity contribution >= 4 is 5.96 Å². The maximum atomic E-state index is 6.18. The van der Waals surface area contributed by atoms with E-state index in [0.29, 0.717) is 13.2 Å². The van der Waals surface area contributed by atoms with Crippen LogP contribution in [0, 0.1) is 6.92 Å². The fourth-order valence-corrected chi connectivity index (χ4v) is 3.03. The van der Waals surface area contributed by atoms with Crippen molar-refractivity contribution in [3.8, 4) is 5.75 Å². The quantitative estimate of drug-likeness (QED) is 0.511. The SMILES string of the molecule is CCCNC(=NCc1ccc(C)cc1OC1CCOC1)NCCc1ccco1. The number of ether oxygens (including phenoxy) is 2. The second-order valence-electron chi connectivity index (χ2n) is 7.06. The first-order chi connectivity index (χ1) is 13.7. The lowest BCUT2D eigenvalue weighted by Gasteiger charge is -2.16. The molecule has 1 aliphatic rings. The normalized spacial score (nSPS) is 16.9. The molecule has 1 aromatic heterocycles. The summed E-state index contributed by atoms with van der Waals surface area (Å²) in [6.45, 7) is 7.85. The number of rotatable bonds is 9. The molecule has 6 heteroatoms. The maximum Gasteiger partial charge on any atom is 0.191 e. The molecule has 1 atom stereocenters. The summed E-state index contributed by atoms with van der Waals surface area (Å²) in [4.78, 5) is 4.77. The van der Waals surface area contributed by atoms with E-state index in [4.69, 9.17) is 18.9 Å². The Bertz CT molecular complexity index is 737. The van der Waals surface area contributed by atoms with Crippen molar-refractivity contribution in [3.63, 3.8) is 0 Å². The standard InChI is InChI=1S/C22H31N3O3/c1-3-10-23-22(24-11-8-19-5-4-12-27-19)25-15-18-7-6-17(2)14-21(18)28-20-9-13-26-16-20/h4-7,12,14,20H,3,8-11,13,15-16H2,1-2H3,(H2,23,24,25). The fraction of sp³-hybridized carbons (Fsp3) is 0.500. The van der Waals surface area contributed by atoms with E-state index in [1.165, 1.54) is 5.56 Å². The van der Waals surface area contributed by atoms with Crippen molar-refractivity contribution in [2.24, 2.45) is 4.99 Å². The van der Waals surface area contributed by atoms with Crippen LogP contribution in [0.15, 0.2) is 46.0 Å². The summed E-state index contributed by atoms with van der Waals surface area (Å²) in [5.41, 5.74) is 2.27. The van der Waals surface area contributed by atoms with Crippen molar-refractivity contribution in [1.82, 2.24) is 10.6 Å². The van der Waals surface area contributed by atoms with Gasteiger partial charge in [-0.05, 0) is 37.1 Å². The molecule has 0 radical (unpaired) electrons. The molecule has 2 N–H and O–H groups in total. The van der Waals surface area contributed by atoms with Gasteiger partial charge in [-0.1, -0.05) is 19.1 Å². The summed E-state index contributed by atoms with van der Waals surface area (Å²) < 4.78 is 17.0. The predicted octanol–water partition coefficient (Wildman–Crippen LogP) is 3.44. The molecule has 2 heterocycles. The Morgan fingerprint density at radius 2 is 2.14 bits per heavy atom. The Kier molecular flexibility index (Phi) is 7.79. The van der Waals surface area contributed by atoms with Crippen LogP contribution in [0.3, 0.4) is 0 Å². The molecule has 1 aromatic carbocycles. The largest absolute Gasteiger partial charge is 0.488 e. The van der Waals surface area contributed by atoms with Crippen LogP contribution in [0.25, 0.3) is 0 Å². The summed E-state index contributed by atoms with van der Waals surface area (Å²) in [7, 11) is 0. The van der Waals surface area contributed by atoms with Gasteiger partial charge in [0.1, 0.15) is 17.6 Å². The third-order valence-corrected chi connectivity index (χ3v) is 4.60. The maximum absolute atomic E-state index is 6.18. The van der Waals surface area contributed by atoms with Crippen molar-refractivity contribution in [3.05, 3.63) is 53.5 Å². The minimum atomic E-state index is 0.133. The molecule has 6 nitrogen and oxygen atoms in total. The van der Waals surface area contributed by atoms with E-state index in [1.807, 2.05) is 12.1 Å². The summed E-state index contributed by atoms with van der Waals surface area (Å²) in [6, 6.07) is 10.2. The van der Waals surface area contributed by atoms with Crippen LogP contribution in [-0.4, -0.2) is 38.4 Å². The monoisotopic (exact) mass is 385 g/mol. The highest BCUT2D eigenvalue weighted by Gasteiger charge is 2.18. The third kappa shape index (κ3) is 6.30. The summed E-state index contributed by atoms with van der Waals surface area (Å²) in [6.07, 6.45) is 4.64. The van der Waals surface area contributed by atoms with E-state index in [2.05, 4.69) is 42.7 Å². The van der Waals surface area contributed by atoms with Crippen LogP contribution in [0.4, 0.5) is 0 Å². The van der Waals surface area contributed by atoms with Gasteiger partial charge in [0.15, 0.2) is 5.96 Å². The molecule has 0 amide bonds. The molecule has 1 saturated heterocycles. The van der Waals surface area contributed by atoms with E-state index in [1.54, 1.807) is 6.26 Å². The highest BCUT2D eigenvalue weighted by atomic mass is 16.5. The Morgan fingerprint density at radius 3 is 2.89 bits per heavy atom. The van der Waals surface area contributed by atoms with Gasteiger partial charge in [-0.2, -0.15) is 0 Å². The zero-order chi connectivity index (χ0) is 19.6. The molecule has 0 spiro atoms. The van der Waals surface area contributed by atoms with Crippen molar-refractivity contribution < 1.29 is 13.9 Å². The summed E-state index contributed by atoms with van der Waals surface area (Å²) >= 11 is 0. The highest BCUT2D eigenvalue weighted by Crippen LogP contribution is 2.24. The number of guanidine groups is 1. The lowest BCUT2D eigenvalue weighted by Crippen LogP contribution is -2.38. The van der Waals surface area contributed by atoms with Gasteiger partial charge in [-0.3, -0.25) is 0 Å². The number of benzene rings is 1. The van der Waals surface area contributed by atoms with Crippen molar-refractivity contribution in [2.75, 3.05) is 26.3 Å². The first-order valence-corrected chi connectivity index (χ1v) is 10.1. The number of hydrogen-bond donors (Lipinski definition) is 2. The van der Waals surface area contributed by atoms with Crippen molar-refractivity contribution in [1.29, 1.82) is 0 Å². The van der Waals surface area contributed by atoms with Crippen LogP contribution in [0.2, 0.25) is 0 Å². The van der Waals surface area contributed by atoms with Crippen LogP contribution in [0.1, 0.15) is 36.7 Å². The highest BCUT2D eigenvalue weighted by molar-refractivity contribution is 5.79. The minimum Gasteiger partial charge on any atom is -0.488 e. The van der Waals surface area contributed by atoms with Gasteiger partial charge in [0.2, 0.25) is 0 Å². The van der Waals surface area contributed by atoms with Gasteiger partial charge in [-0.25, -0.2) is 4.99 Å². The summed E-state index contributed by atoms with van der Waals surface area (Å²) in [5, 5.41) is 6.76. The van der Waals surface area contributed by atoms with Crippen LogP contribution >= 0.6 is 0 Å². The van der Waals surface area contributed by atoms with E-state index < -0.39 is 0 Å². The van der Waals surface area contributed by atoms with E-state index in [9.17, 15) is 0 Å². The Balaban J connectivity index is 1.62. The molecule has 152 valence electrons. The first kappa shape index (κ1) is 20.3. The van der Waals surface area contributed by atoms with E-state index in [-0.39, 0.29) is 6.10 Å². The molecule has 0 aliphatic carbocycles. The Labute approximate surface area is 167 Å². The number of furan rings is 1. The topological polar surface area (TPSA) is 68.0 Å². The Hall–Kier alpha value is -2.47. The molecular formula is C22H31N3O3. The number of hydrogen-bond acceptors (Lipinski definition) is 4. The summed E-state index contributed by atoms with van der Waals surface area (Å²) in [5.74, 6) is 2.68. The van der Waals surface area contributed by atoms with Crippen LogP contribution < -0.4 is 15.4 Å². The van der Waals surface area contributed by atoms with Crippen molar-refractivity contribution in [2.45, 2.75) is 45.8 Å². The minimum absolute atomic E-state index is 0.133. The molecular weight excluding hydrogens is 354 g/mol. The molecule has 2 aromatic rings. The average Bonchev–Trinajstić information content (AvgIpc) is 3.39. The van der Waals surface area contributed by atoms with Gasteiger partial charge in [0.05, 0.1) is 26.0 Å². The zero-order valence-corrected chi connectivity index (χ0v) is 16.9. The lowest BCUT2D eigenvalue weighted by molar-refractivity contribution is 0.140. The smallest absolute Gasteiger partial charge is 0.191 e. The van der Waals surface area contributed by atoms with Gasteiger partial charge < -0.3 is 24.5 Å². The average molecular weight is 386 g/mol. The lowest BCUT2D eigenvalue weighted by atomic mass is 10.1. The van der Waals surface area contributed by atoms with Gasteiger partial charge in [0.25, 0.3) is 0 Å². The number of aryl methyl sites for hydroxylation is 1. The molecule has 1 unspecified atom stereocenters. The molecule has 0 saturated carbocycles. The fourth-order valence-electron chi connectivity index (χ4n) is 3.03. The van der Waals surface area contributed by atoms with Crippen LogP contribution in [-0.2, 0) is 17.7 Å². The van der Waals surface area contributed by atoms with Gasteiger partial charge in [-0.15, -0.1) is 0 Å². The first-order valence-electron chi connectivity index (χ1n) is 10.1. The second-order valence-corrected chi connectivity index (χ2v) is 7.06. The number of aliphatic imine (C=N–C) groups is 1. The molecule has 1 aliphatic heterocycles. The molecule has 3 rings (SSSR count). The van der Waals surface area contributed by atoms with Crippen LogP contribution in [0.5, 0.6) is 5.75 Å². The molecule has 28 heavy (non-hydrogen) atoms. The zero-order valence-electron chi connectivity index (χ0n) is 16.9. The Morgan fingerprint density at radius 1 is 1.25 bits per heavy atom. The number of nitrogens with one attached hydrogen (secondary N) is 2. The van der Waals surface area contributed by atoms with E-state index >= 15 is 0 Å². The van der Waals surface area contributed by atoms with Gasteiger partial charge in [0, 0.05) is 31.5 Å². The molecule has 1 fully saturated rings. The van der Waals surface area contributed by atoms with Gasteiger partial charge >= 0.3 is 0 Å². The van der Waals surface area contributed by atoms with E-state index in [0.717, 1.165) is 62.0 Å².